The summed E-state index contributed by atoms with van der Waals surface area (Å²) in [6, 6.07) is 9.14. The highest BCUT2D eigenvalue weighted by atomic mass is 16.5. The van der Waals surface area contributed by atoms with Crippen molar-refractivity contribution >= 4 is 16.9 Å². The van der Waals surface area contributed by atoms with Gasteiger partial charge in [0.05, 0.1) is 18.3 Å². The molecule has 1 amide bonds. The molecule has 0 fully saturated rings. The predicted octanol–water partition coefficient (Wildman–Crippen LogP) is 2.63. The first kappa shape index (κ1) is 15.1. The van der Waals surface area contributed by atoms with Gasteiger partial charge in [-0.05, 0) is 19.1 Å². The van der Waals surface area contributed by atoms with Gasteiger partial charge in [0.25, 0.3) is 5.91 Å². The number of fused-ring (bicyclic) bond motifs is 1. The van der Waals surface area contributed by atoms with Gasteiger partial charge in [0, 0.05) is 18.1 Å². The zero-order valence-electron chi connectivity index (χ0n) is 13.5. The van der Waals surface area contributed by atoms with E-state index < -0.39 is 0 Å². The summed E-state index contributed by atoms with van der Waals surface area (Å²) < 4.78 is 12.5. The fourth-order valence-electron chi connectivity index (χ4n) is 2.43. The Morgan fingerprint density at radius 3 is 3.00 bits per heavy atom. The largest absolute Gasteiger partial charge is 0.451 e. The molecule has 8 nitrogen and oxygen atoms in total. The maximum atomic E-state index is 12.2. The summed E-state index contributed by atoms with van der Waals surface area (Å²) in [6.07, 6.45) is 3.51. The normalized spacial score (nSPS) is 11.1. The van der Waals surface area contributed by atoms with Crippen molar-refractivity contribution in [2.24, 2.45) is 0 Å². The first-order valence-electron chi connectivity index (χ1n) is 7.85. The lowest BCUT2D eigenvalue weighted by Gasteiger charge is -1.97. The number of carbonyl (C=O) groups excluding carboxylic acids is 1. The van der Waals surface area contributed by atoms with Crippen LogP contribution in [0.4, 0.5) is 0 Å². The van der Waals surface area contributed by atoms with Crippen LogP contribution in [-0.2, 0) is 13.1 Å². The van der Waals surface area contributed by atoms with E-state index in [2.05, 4.69) is 20.6 Å². The van der Waals surface area contributed by atoms with E-state index in [0.717, 1.165) is 17.5 Å². The molecule has 1 N–H and O–H groups in total. The van der Waals surface area contributed by atoms with Crippen LogP contribution in [0.3, 0.4) is 0 Å². The lowest BCUT2D eigenvalue weighted by atomic mass is 10.2. The van der Waals surface area contributed by atoms with Crippen LogP contribution in [0, 0.1) is 0 Å². The summed E-state index contributed by atoms with van der Waals surface area (Å²) in [5.74, 6) is 0.649. The average molecular weight is 337 g/mol. The van der Waals surface area contributed by atoms with Crippen LogP contribution in [0.2, 0.25) is 0 Å². The van der Waals surface area contributed by atoms with Crippen molar-refractivity contribution in [2.45, 2.75) is 20.0 Å². The van der Waals surface area contributed by atoms with Gasteiger partial charge in [-0.15, -0.1) is 0 Å². The van der Waals surface area contributed by atoms with Gasteiger partial charge in [0.1, 0.15) is 5.58 Å². The Morgan fingerprint density at radius 1 is 1.32 bits per heavy atom. The molecular formula is C17H15N5O3. The molecule has 4 rings (SSSR count). The van der Waals surface area contributed by atoms with E-state index >= 15 is 0 Å². The van der Waals surface area contributed by atoms with E-state index in [0.29, 0.717) is 17.3 Å². The number of para-hydroxylation sites is 1. The Morgan fingerprint density at radius 2 is 2.20 bits per heavy atom. The maximum absolute atomic E-state index is 12.2. The summed E-state index contributed by atoms with van der Waals surface area (Å²) in [7, 11) is 0. The lowest BCUT2D eigenvalue weighted by molar-refractivity contribution is 0.0920. The fourth-order valence-corrected chi connectivity index (χ4v) is 2.43. The molecule has 0 saturated carbocycles. The number of furan rings is 1. The van der Waals surface area contributed by atoms with Crippen LogP contribution in [0.5, 0.6) is 0 Å². The van der Waals surface area contributed by atoms with Crippen LogP contribution in [0.15, 0.2) is 51.7 Å². The summed E-state index contributed by atoms with van der Waals surface area (Å²) in [5.41, 5.74) is 1.43. The molecule has 0 radical (unpaired) electrons. The van der Waals surface area contributed by atoms with Crippen LogP contribution in [-0.4, -0.2) is 25.8 Å². The summed E-state index contributed by atoms with van der Waals surface area (Å²) >= 11 is 0. The second-order valence-corrected chi connectivity index (χ2v) is 5.43. The number of rotatable bonds is 5. The molecule has 0 aliphatic heterocycles. The molecule has 3 aromatic heterocycles. The van der Waals surface area contributed by atoms with Crippen molar-refractivity contribution in [3.05, 3.63) is 54.4 Å². The fraction of sp³-hybridized carbons (Fsp3) is 0.176. The second-order valence-electron chi connectivity index (χ2n) is 5.43. The van der Waals surface area contributed by atoms with Gasteiger partial charge in [-0.25, -0.2) is 0 Å². The van der Waals surface area contributed by atoms with Gasteiger partial charge >= 0.3 is 0 Å². The minimum absolute atomic E-state index is 0.116. The minimum atomic E-state index is -0.338. The molecule has 0 saturated heterocycles. The number of benzene rings is 1. The van der Waals surface area contributed by atoms with Gasteiger partial charge in [0.15, 0.2) is 5.76 Å². The maximum Gasteiger partial charge on any atom is 0.287 e. The first-order valence-corrected chi connectivity index (χ1v) is 7.85. The number of hydrogen-bond acceptors (Lipinski definition) is 6. The Hall–Kier alpha value is -3.42. The van der Waals surface area contributed by atoms with Gasteiger partial charge < -0.3 is 14.3 Å². The van der Waals surface area contributed by atoms with E-state index in [1.165, 1.54) is 0 Å². The number of nitrogens with zero attached hydrogens (tertiary/aromatic N) is 4. The molecule has 0 atom stereocenters. The smallest absolute Gasteiger partial charge is 0.287 e. The Balaban J connectivity index is 1.43. The Labute approximate surface area is 142 Å². The molecule has 0 aliphatic rings. The molecule has 126 valence electrons. The number of nitrogens with one attached hydrogen (secondary N) is 1. The Kier molecular flexibility index (Phi) is 3.77. The number of aryl methyl sites for hydroxylation is 1. The molecule has 25 heavy (non-hydrogen) atoms. The number of amides is 1. The summed E-state index contributed by atoms with van der Waals surface area (Å²) in [6.45, 7) is 2.87. The highest BCUT2D eigenvalue weighted by Gasteiger charge is 2.15. The third kappa shape index (κ3) is 3.01. The molecule has 0 bridgehead atoms. The highest BCUT2D eigenvalue weighted by molar-refractivity contribution is 5.95. The van der Waals surface area contributed by atoms with Crippen LogP contribution in [0.1, 0.15) is 23.4 Å². The monoisotopic (exact) mass is 337 g/mol. The third-order valence-corrected chi connectivity index (χ3v) is 3.73. The Bertz CT molecular complexity index is 997. The van der Waals surface area contributed by atoms with Gasteiger partial charge in [0.2, 0.25) is 11.7 Å². The molecule has 0 aliphatic carbocycles. The molecular weight excluding hydrogens is 322 g/mol. The third-order valence-electron chi connectivity index (χ3n) is 3.73. The summed E-state index contributed by atoms with van der Waals surface area (Å²) in [5, 5.41) is 11.7. The van der Waals surface area contributed by atoms with Crippen molar-refractivity contribution in [1.29, 1.82) is 0 Å². The standard InChI is InChI=1S/C17H15N5O3/c1-2-22-10-12(8-19-22)16-20-15(25-21-16)9-18-17(23)14-7-11-5-3-4-6-13(11)24-14/h3-8,10H,2,9H2,1H3,(H,18,23). The summed E-state index contributed by atoms with van der Waals surface area (Å²) in [4.78, 5) is 16.5. The second kappa shape index (κ2) is 6.23. The molecule has 1 aromatic carbocycles. The molecule has 4 aromatic rings. The first-order chi connectivity index (χ1) is 12.2. The number of hydrogen-bond donors (Lipinski definition) is 1. The van der Waals surface area contributed by atoms with Gasteiger partial charge in [-0.3, -0.25) is 9.48 Å². The predicted molar refractivity (Wildman–Crippen MR) is 88.6 cm³/mol. The van der Waals surface area contributed by atoms with Crippen LogP contribution < -0.4 is 5.32 Å². The van der Waals surface area contributed by atoms with Crippen LogP contribution in [0.25, 0.3) is 22.4 Å². The molecule has 3 heterocycles. The van der Waals surface area contributed by atoms with E-state index in [1.807, 2.05) is 37.4 Å². The van der Waals surface area contributed by atoms with Crippen molar-refractivity contribution in [3.8, 4) is 11.4 Å². The van der Waals surface area contributed by atoms with E-state index in [-0.39, 0.29) is 18.2 Å². The van der Waals surface area contributed by atoms with Crippen molar-refractivity contribution in [2.75, 3.05) is 0 Å². The minimum Gasteiger partial charge on any atom is -0.451 e. The molecule has 0 unspecified atom stereocenters. The number of carbonyl (C=O) groups is 1. The quantitative estimate of drug-likeness (QED) is 0.601. The van der Waals surface area contributed by atoms with Crippen molar-refractivity contribution in [1.82, 2.24) is 25.2 Å². The average Bonchev–Trinajstić information content (AvgIpc) is 3.37. The lowest BCUT2D eigenvalue weighted by Crippen LogP contribution is -2.22. The SMILES string of the molecule is CCn1cc(-c2noc(CNC(=O)c3cc4ccccc4o3)n2)cn1. The van der Waals surface area contributed by atoms with Gasteiger partial charge in [-0.2, -0.15) is 10.1 Å². The molecule has 8 heteroatoms. The van der Waals surface area contributed by atoms with E-state index in [4.69, 9.17) is 8.94 Å². The van der Waals surface area contributed by atoms with E-state index in [1.54, 1.807) is 16.9 Å². The van der Waals surface area contributed by atoms with Crippen molar-refractivity contribution in [3.63, 3.8) is 0 Å². The van der Waals surface area contributed by atoms with Crippen LogP contribution >= 0.6 is 0 Å². The highest BCUT2D eigenvalue weighted by Crippen LogP contribution is 2.19. The van der Waals surface area contributed by atoms with Crippen molar-refractivity contribution < 1.29 is 13.7 Å². The molecule has 0 spiro atoms. The van der Waals surface area contributed by atoms with E-state index in [9.17, 15) is 4.79 Å². The zero-order valence-corrected chi connectivity index (χ0v) is 13.5. The number of aromatic nitrogens is 4. The topological polar surface area (TPSA) is 99.0 Å². The van der Waals surface area contributed by atoms with Gasteiger partial charge in [-0.1, -0.05) is 23.4 Å². The zero-order chi connectivity index (χ0) is 17.2.